The number of nitrogens with one attached hydrogen (secondary N) is 1. The van der Waals surface area contributed by atoms with Crippen molar-refractivity contribution in [3.63, 3.8) is 0 Å². The number of carbonyl (C=O) groups is 1. The van der Waals surface area contributed by atoms with Gasteiger partial charge in [-0.2, -0.15) is 5.26 Å². The molecule has 2 rings (SSSR count). The van der Waals surface area contributed by atoms with E-state index in [-0.39, 0.29) is 17.6 Å². The Labute approximate surface area is 150 Å². The number of rotatable bonds is 7. The average molecular weight is 355 g/mol. The normalized spacial score (nSPS) is 11.4. The van der Waals surface area contributed by atoms with E-state index in [0.29, 0.717) is 22.6 Å². The minimum Gasteiger partial charge on any atom is -0.349 e. The third-order valence-corrected chi connectivity index (χ3v) is 4.55. The number of amides is 1. The lowest BCUT2D eigenvalue weighted by Crippen LogP contribution is -2.28. The summed E-state index contributed by atoms with van der Waals surface area (Å²) in [4.78, 5) is 22.4. The van der Waals surface area contributed by atoms with Crippen LogP contribution in [-0.2, 0) is 10.5 Å². The smallest absolute Gasteiger partial charge is 0.269 e. The summed E-state index contributed by atoms with van der Waals surface area (Å²) in [7, 11) is 0. The van der Waals surface area contributed by atoms with Crippen molar-refractivity contribution in [3.05, 3.63) is 75.3 Å². The second-order valence-electron chi connectivity index (χ2n) is 5.44. The standard InChI is InChI=1S/C18H17N3O3S/c1-13(16-3-2-4-17(9-16)21(23)24)20-18(22)12-25-11-15-7-5-14(10-19)6-8-15/h2-9,13H,11-12H2,1H3,(H,20,22). The number of nitrogens with zero attached hydrogens (tertiary/aromatic N) is 2. The van der Waals surface area contributed by atoms with Gasteiger partial charge in [0.1, 0.15) is 0 Å². The highest BCUT2D eigenvalue weighted by atomic mass is 32.2. The largest absolute Gasteiger partial charge is 0.349 e. The Kier molecular flexibility index (Phi) is 6.54. The fourth-order valence-corrected chi connectivity index (χ4v) is 3.01. The lowest BCUT2D eigenvalue weighted by molar-refractivity contribution is -0.384. The van der Waals surface area contributed by atoms with E-state index in [1.165, 1.54) is 23.9 Å². The summed E-state index contributed by atoms with van der Waals surface area (Å²) in [5, 5.41) is 22.4. The molecule has 128 valence electrons. The molecule has 0 bridgehead atoms. The van der Waals surface area contributed by atoms with Crippen LogP contribution in [-0.4, -0.2) is 16.6 Å². The van der Waals surface area contributed by atoms with Crippen LogP contribution in [0, 0.1) is 21.4 Å². The molecule has 0 radical (unpaired) electrons. The molecule has 0 aliphatic heterocycles. The molecule has 1 unspecified atom stereocenters. The molecule has 7 heteroatoms. The fraction of sp³-hybridized carbons (Fsp3) is 0.222. The van der Waals surface area contributed by atoms with Crippen LogP contribution in [0.1, 0.15) is 29.7 Å². The van der Waals surface area contributed by atoms with Crippen LogP contribution < -0.4 is 5.32 Å². The molecule has 0 fully saturated rings. The fourth-order valence-electron chi connectivity index (χ4n) is 2.21. The number of nitro benzene ring substituents is 1. The molecule has 0 saturated heterocycles. The van der Waals surface area contributed by atoms with E-state index >= 15 is 0 Å². The molecule has 2 aromatic carbocycles. The van der Waals surface area contributed by atoms with E-state index in [9.17, 15) is 14.9 Å². The number of nitriles is 1. The molecule has 0 aliphatic rings. The molecule has 0 aliphatic carbocycles. The van der Waals surface area contributed by atoms with Crippen LogP contribution in [0.25, 0.3) is 0 Å². The van der Waals surface area contributed by atoms with E-state index in [4.69, 9.17) is 5.26 Å². The molecule has 0 saturated carbocycles. The van der Waals surface area contributed by atoms with E-state index in [0.717, 1.165) is 5.56 Å². The van der Waals surface area contributed by atoms with Gasteiger partial charge in [-0.1, -0.05) is 24.3 Å². The molecular weight excluding hydrogens is 338 g/mol. The first-order valence-corrected chi connectivity index (χ1v) is 8.75. The van der Waals surface area contributed by atoms with Crippen LogP contribution in [0.5, 0.6) is 0 Å². The van der Waals surface area contributed by atoms with Gasteiger partial charge in [-0.05, 0) is 30.2 Å². The zero-order valence-corrected chi connectivity index (χ0v) is 14.5. The van der Waals surface area contributed by atoms with Crippen LogP contribution in [0.15, 0.2) is 48.5 Å². The Morgan fingerprint density at radius 1 is 1.32 bits per heavy atom. The van der Waals surface area contributed by atoms with Gasteiger partial charge in [0.25, 0.3) is 5.69 Å². The average Bonchev–Trinajstić information content (AvgIpc) is 2.62. The Hall–Kier alpha value is -2.85. The van der Waals surface area contributed by atoms with Crippen molar-refractivity contribution >= 4 is 23.4 Å². The van der Waals surface area contributed by atoms with Crippen molar-refractivity contribution in [1.82, 2.24) is 5.32 Å². The monoisotopic (exact) mass is 355 g/mol. The highest BCUT2D eigenvalue weighted by Gasteiger charge is 2.13. The first-order valence-electron chi connectivity index (χ1n) is 7.60. The van der Waals surface area contributed by atoms with Crippen molar-refractivity contribution < 1.29 is 9.72 Å². The quantitative estimate of drug-likeness (QED) is 0.605. The number of non-ortho nitro benzene ring substituents is 1. The van der Waals surface area contributed by atoms with Crippen molar-refractivity contribution in [2.24, 2.45) is 0 Å². The second kappa shape index (κ2) is 8.85. The van der Waals surface area contributed by atoms with Crippen LogP contribution in [0.4, 0.5) is 5.69 Å². The maximum absolute atomic E-state index is 12.0. The van der Waals surface area contributed by atoms with Crippen molar-refractivity contribution in [1.29, 1.82) is 5.26 Å². The summed E-state index contributed by atoms with van der Waals surface area (Å²) in [5.74, 6) is 0.835. The molecule has 1 atom stereocenters. The van der Waals surface area contributed by atoms with E-state index < -0.39 is 4.92 Å². The Morgan fingerprint density at radius 3 is 2.68 bits per heavy atom. The van der Waals surface area contributed by atoms with Crippen molar-refractivity contribution in [2.75, 3.05) is 5.75 Å². The zero-order valence-electron chi connectivity index (χ0n) is 13.6. The van der Waals surface area contributed by atoms with Crippen molar-refractivity contribution in [2.45, 2.75) is 18.7 Å². The Balaban J connectivity index is 1.82. The molecule has 2 aromatic rings. The molecule has 1 amide bonds. The minimum absolute atomic E-state index is 0.00814. The maximum atomic E-state index is 12.0. The lowest BCUT2D eigenvalue weighted by atomic mass is 10.1. The molecule has 6 nitrogen and oxygen atoms in total. The van der Waals surface area contributed by atoms with Crippen molar-refractivity contribution in [3.8, 4) is 6.07 Å². The molecule has 0 heterocycles. The number of hydrogen-bond acceptors (Lipinski definition) is 5. The van der Waals surface area contributed by atoms with Gasteiger partial charge in [-0.3, -0.25) is 14.9 Å². The van der Waals surface area contributed by atoms with Gasteiger partial charge in [-0.25, -0.2) is 0 Å². The minimum atomic E-state index is -0.453. The number of nitro groups is 1. The summed E-state index contributed by atoms with van der Waals surface area (Å²) in [6.07, 6.45) is 0. The first-order chi connectivity index (χ1) is 12.0. The zero-order chi connectivity index (χ0) is 18.2. The predicted octanol–water partition coefficient (Wildman–Crippen LogP) is 3.58. The first kappa shape index (κ1) is 18.5. The van der Waals surface area contributed by atoms with Crippen LogP contribution >= 0.6 is 11.8 Å². The Bertz CT molecular complexity index is 800. The van der Waals surface area contributed by atoms with Gasteiger partial charge in [-0.15, -0.1) is 11.8 Å². The number of carbonyl (C=O) groups excluding carboxylic acids is 1. The van der Waals surface area contributed by atoms with E-state index in [1.807, 2.05) is 12.1 Å². The highest BCUT2D eigenvalue weighted by Crippen LogP contribution is 2.19. The third kappa shape index (κ3) is 5.62. The molecular formula is C18H17N3O3S. The number of thioether (sulfide) groups is 1. The highest BCUT2D eigenvalue weighted by molar-refractivity contribution is 7.99. The van der Waals surface area contributed by atoms with Crippen LogP contribution in [0.3, 0.4) is 0 Å². The molecule has 0 aromatic heterocycles. The summed E-state index contributed by atoms with van der Waals surface area (Å²) >= 11 is 1.47. The van der Waals surface area contributed by atoms with Gasteiger partial charge in [0.05, 0.1) is 28.4 Å². The van der Waals surface area contributed by atoms with Gasteiger partial charge in [0, 0.05) is 17.9 Å². The van der Waals surface area contributed by atoms with Gasteiger partial charge < -0.3 is 5.32 Å². The number of hydrogen-bond donors (Lipinski definition) is 1. The SMILES string of the molecule is CC(NC(=O)CSCc1ccc(C#N)cc1)c1cccc([N+](=O)[O-])c1. The third-order valence-electron chi connectivity index (χ3n) is 3.54. The molecule has 25 heavy (non-hydrogen) atoms. The van der Waals surface area contributed by atoms with E-state index in [1.54, 1.807) is 31.2 Å². The van der Waals surface area contributed by atoms with Gasteiger partial charge in [0.2, 0.25) is 5.91 Å². The Morgan fingerprint density at radius 2 is 2.04 bits per heavy atom. The summed E-state index contributed by atoms with van der Waals surface area (Å²) < 4.78 is 0. The number of benzene rings is 2. The lowest BCUT2D eigenvalue weighted by Gasteiger charge is -2.14. The topological polar surface area (TPSA) is 96.0 Å². The van der Waals surface area contributed by atoms with Gasteiger partial charge in [0.15, 0.2) is 0 Å². The summed E-state index contributed by atoms with van der Waals surface area (Å²) in [5.41, 5.74) is 2.36. The molecule has 0 spiro atoms. The van der Waals surface area contributed by atoms with E-state index in [2.05, 4.69) is 11.4 Å². The summed E-state index contributed by atoms with van der Waals surface area (Å²) in [6, 6.07) is 15.2. The predicted molar refractivity (Wildman–Crippen MR) is 97.0 cm³/mol. The maximum Gasteiger partial charge on any atom is 0.269 e. The van der Waals surface area contributed by atoms with Crippen LogP contribution in [0.2, 0.25) is 0 Å². The second-order valence-corrected chi connectivity index (χ2v) is 6.43. The summed E-state index contributed by atoms with van der Waals surface area (Å²) in [6.45, 7) is 1.79. The van der Waals surface area contributed by atoms with Gasteiger partial charge >= 0.3 is 0 Å². The molecule has 1 N–H and O–H groups in total.